The lowest BCUT2D eigenvalue weighted by Crippen LogP contribution is -2.16. The maximum Gasteiger partial charge on any atom is 0.259 e. The molecule has 8 heteroatoms. The molecule has 33 heavy (non-hydrogen) atoms. The van der Waals surface area contributed by atoms with Crippen LogP contribution in [0.3, 0.4) is 0 Å². The van der Waals surface area contributed by atoms with Gasteiger partial charge in [0.1, 0.15) is 18.7 Å². The molecule has 1 amide bonds. The summed E-state index contributed by atoms with van der Waals surface area (Å²) >= 11 is 0. The number of pyridine rings is 1. The van der Waals surface area contributed by atoms with Crippen LogP contribution in [0.4, 0.5) is 10.2 Å². The SMILES string of the molecule is [2H]c1nc(C2CC2)c([2H])n1-c1cc(C(=O)Nc2cccc(-c3nccn3C(C)C)n2)c(F)cc1C. The average Bonchev–Trinajstić information content (AvgIpc) is 3.44. The minimum Gasteiger partial charge on any atom is -0.327 e. The third-order valence-corrected chi connectivity index (χ3v) is 5.68. The molecule has 1 aliphatic rings. The second-order valence-electron chi connectivity index (χ2n) is 8.55. The van der Waals surface area contributed by atoms with Gasteiger partial charge in [0.05, 0.1) is 24.6 Å². The number of nitrogens with one attached hydrogen (secondary N) is 1. The summed E-state index contributed by atoms with van der Waals surface area (Å²) in [6, 6.07) is 7.95. The fourth-order valence-corrected chi connectivity index (χ4v) is 3.74. The van der Waals surface area contributed by atoms with Crippen molar-refractivity contribution in [2.75, 3.05) is 5.32 Å². The highest BCUT2D eigenvalue weighted by Crippen LogP contribution is 2.39. The number of nitrogens with zero attached hydrogens (tertiary/aromatic N) is 5. The van der Waals surface area contributed by atoms with E-state index >= 15 is 0 Å². The van der Waals surface area contributed by atoms with Gasteiger partial charge in [-0.25, -0.2) is 19.3 Å². The van der Waals surface area contributed by atoms with E-state index in [4.69, 9.17) is 2.74 Å². The molecule has 1 aromatic carbocycles. The van der Waals surface area contributed by atoms with E-state index in [1.165, 1.54) is 16.7 Å². The van der Waals surface area contributed by atoms with E-state index in [0.717, 1.165) is 12.8 Å². The Labute approximate surface area is 194 Å². The number of hydrogen-bond acceptors (Lipinski definition) is 4. The van der Waals surface area contributed by atoms with Crippen LogP contribution in [0.5, 0.6) is 0 Å². The van der Waals surface area contributed by atoms with E-state index in [1.807, 2.05) is 24.6 Å². The zero-order valence-electron chi connectivity index (χ0n) is 20.6. The third-order valence-electron chi connectivity index (χ3n) is 5.68. The molecule has 0 unspecified atom stereocenters. The normalized spacial score (nSPS) is 14.3. The molecule has 1 aliphatic carbocycles. The highest BCUT2D eigenvalue weighted by Gasteiger charge is 2.26. The van der Waals surface area contributed by atoms with E-state index < -0.39 is 11.7 Å². The van der Waals surface area contributed by atoms with Crippen LogP contribution in [0.1, 0.15) is 63.0 Å². The van der Waals surface area contributed by atoms with Crippen LogP contribution < -0.4 is 5.32 Å². The van der Waals surface area contributed by atoms with Gasteiger partial charge in [0.15, 0.2) is 5.82 Å². The van der Waals surface area contributed by atoms with Crippen molar-refractivity contribution in [2.24, 2.45) is 0 Å². The summed E-state index contributed by atoms with van der Waals surface area (Å²) in [6.07, 6.45) is 5.45. The molecule has 5 rings (SSSR count). The largest absolute Gasteiger partial charge is 0.327 e. The number of rotatable bonds is 6. The third kappa shape index (κ3) is 4.16. The highest BCUT2D eigenvalue weighted by molar-refractivity contribution is 6.04. The number of aryl methyl sites for hydroxylation is 1. The first-order valence-corrected chi connectivity index (χ1v) is 10.9. The van der Waals surface area contributed by atoms with E-state index in [1.54, 1.807) is 31.3 Å². The topological polar surface area (TPSA) is 77.6 Å². The molecule has 0 radical (unpaired) electrons. The second kappa shape index (κ2) is 8.27. The van der Waals surface area contributed by atoms with Gasteiger partial charge in [-0.15, -0.1) is 0 Å². The smallest absolute Gasteiger partial charge is 0.259 e. The molecule has 3 heterocycles. The molecule has 0 bridgehead atoms. The zero-order chi connectivity index (χ0) is 24.9. The van der Waals surface area contributed by atoms with E-state index in [9.17, 15) is 9.18 Å². The maximum atomic E-state index is 14.9. The number of benzene rings is 1. The molecule has 0 atom stereocenters. The van der Waals surface area contributed by atoms with Crippen molar-refractivity contribution >= 4 is 11.7 Å². The van der Waals surface area contributed by atoms with Crippen molar-refractivity contribution in [3.05, 3.63) is 77.8 Å². The van der Waals surface area contributed by atoms with Crippen molar-refractivity contribution in [2.45, 2.75) is 45.6 Å². The number of amides is 1. The summed E-state index contributed by atoms with van der Waals surface area (Å²) in [5.41, 5.74) is 1.83. The lowest BCUT2D eigenvalue weighted by Gasteiger charge is -2.13. The van der Waals surface area contributed by atoms with Gasteiger partial charge < -0.3 is 14.5 Å². The number of carbonyl (C=O) groups is 1. The van der Waals surface area contributed by atoms with Gasteiger partial charge in [-0.1, -0.05) is 6.07 Å². The number of halogens is 1. The summed E-state index contributed by atoms with van der Waals surface area (Å²) in [7, 11) is 0. The van der Waals surface area contributed by atoms with Crippen molar-refractivity contribution < 1.29 is 11.9 Å². The number of imidazole rings is 2. The van der Waals surface area contributed by atoms with E-state index in [2.05, 4.69) is 20.3 Å². The molecular formula is C25H25FN6O. The van der Waals surface area contributed by atoms with Crippen LogP contribution >= 0.6 is 0 Å². The summed E-state index contributed by atoms with van der Waals surface area (Å²) in [5, 5.41) is 2.67. The van der Waals surface area contributed by atoms with Crippen molar-refractivity contribution in [3.8, 4) is 17.2 Å². The Hall–Kier alpha value is -3.81. The predicted octanol–water partition coefficient (Wildman–Crippen LogP) is 5.29. The quantitative estimate of drug-likeness (QED) is 0.437. The standard InChI is InChI=1S/C25H25FN6O/c1-15(2)32-10-9-27-24(32)20-5-4-6-23(29-20)30-25(33)18-12-22(16(3)11-19(18)26)31-13-21(28-14-31)17-7-8-17/h4-6,9-15,17H,7-8H2,1-3H3,(H,29,30,33)/i13D,14D. The Balaban J connectivity index is 1.47. The summed E-state index contributed by atoms with van der Waals surface area (Å²) in [6.45, 7) is 5.75. The summed E-state index contributed by atoms with van der Waals surface area (Å²) < 4.78 is 34.9. The van der Waals surface area contributed by atoms with Crippen LogP contribution in [0.2, 0.25) is 0 Å². The highest BCUT2D eigenvalue weighted by atomic mass is 19.1. The van der Waals surface area contributed by atoms with Gasteiger partial charge in [0, 0.05) is 30.5 Å². The molecule has 1 fully saturated rings. The molecule has 0 aliphatic heterocycles. The Bertz CT molecular complexity index is 1440. The van der Waals surface area contributed by atoms with Crippen LogP contribution in [-0.4, -0.2) is 30.0 Å². The van der Waals surface area contributed by atoms with Gasteiger partial charge >= 0.3 is 0 Å². The van der Waals surface area contributed by atoms with Crippen LogP contribution in [0.15, 0.2) is 55.2 Å². The van der Waals surface area contributed by atoms with Gasteiger partial charge in [-0.3, -0.25) is 4.79 Å². The van der Waals surface area contributed by atoms with Crippen molar-refractivity contribution in [3.63, 3.8) is 0 Å². The van der Waals surface area contributed by atoms with Crippen molar-refractivity contribution in [1.29, 1.82) is 0 Å². The monoisotopic (exact) mass is 446 g/mol. The number of aromatic nitrogens is 5. The molecule has 7 nitrogen and oxygen atoms in total. The fraction of sp³-hybridized carbons (Fsp3) is 0.280. The van der Waals surface area contributed by atoms with Crippen LogP contribution in [-0.2, 0) is 0 Å². The van der Waals surface area contributed by atoms with Gasteiger partial charge in [0.2, 0.25) is 0 Å². The Morgan fingerprint density at radius 2 is 2.09 bits per heavy atom. The van der Waals surface area contributed by atoms with E-state index in [0.29, 0.717) is 28.5 Å². The van der Waals surface area contributed by atoms with Crippen molar-refractivity contribution in [1.82, 2.24) is 24.1 Å². The molecule has 3 aromatic heterocycles. The number of anilines is 1. The number of carbonyl (C=O) groups excluding carboxylic acids is 1. The first-order valence-electron chi connectivity index (χ1n) is 11.9. The van der Waals surface area contributed by atoms with Crippen LogP contribution in [0, 0.1) is 12.7 Å². The summed E-state index contributed by atoms with van der Waals surface area (Å²) in [4.78, 5) is 26.2. The molecule has 1 saturated carbocycles. The molecular weight excluding hydrogens is 419 g/mol. The average molecular weight is 447 g/mol. The lowest BCUT2D eigenvalue weighted by atomic mass is 10.1. The molecule has 4 aromatic rings. The van der Waals surface area contributed by atoms with Gasteiger partial charge in [-0.2, -0.15) is 0 Å². The minimum atomic E-state index is -0.698. The second-order valence-corrected chi connectivity index (χ2v) is 8.55. The first-order chi connectivity index (χ1) is 16.7. The molecule has 0 spiro atoms. The molecule has 0 saturated heterocycles. The van der Waals surface area contributed by atoms with Gasteiger partial charge in [0.25, 0.3) is 5.91 Å². The lowest BCUT2D eigenvalue weighted by molar-refractivity contribution is 0.102. The molecule has 1 N–H and O–H groups in total. The Morgan fingerprint density at radius 3 is 2.85 bits per heavy atom. The first kappa shape index (κ1) is 18.7. The van der Waals surface area contributed by atoms with Gasteiger partial charge in [-0.05, 0) is 63.4 Å². The molecule has 168 valence electrons. The Kier molecular flexibility index (Phi) is 4.70. The predicted molar refractivity (Wildman–Crippen MR) is 124 cm³/mol. The maximum absolute atomic E-state index is 14.9. The van der Waals surface area contributed by atoms with Crippen LogP contribution in [0.25, 0.3) is 17.2 Å². The number of hydrogen-bond donors (Lipinski definition) is 1. The van der Waals surface area contributed by atoms with E-state index in [-0.39, 0.29) is 35.8 Å². The zero-order valence-corrected chi connectivity index (χ0v) is 18.6. The Morgan fingerprint density at radius 1 is 1.27 bits per heavy atom. The fourth-order valence-electron chi connectivity index (χ4n) is 3.74. The summed E-state index contributed by atoms with van der Waals surface area (Å²) in [5.74, 6) is -0.260. The minimum absolute atomic E-state index is 0.104.